The van der Waals surface area contributed by atoms with E-state index in [1.165, 1.54) is 12.3 Å². The molecule has 0 amide bonds. The number of rotatable bonds is 4. The summed E-state index contributed by atoms with van der Waals surface area (Å²) in [7, 11) is -3.83. The van der Waals surface area contributed by atoms with Crippen molar-refractivity contribution < 1.29 is 12.8 Å². The fraction of sp³-hybridized carbons (Fsp3) is 0.222. The number of sulfonamides is 1. The number of nitrogens with zero attached hydrogens (tertiary/aromatic N) is 1. The van der Waals surface area contributed by atoms with Crippen LogP contribution >= 0.6 is 0 Å². The van der Waals surface area contributed by atoms with Crippen molar-refractivity contribution >= 4 is 10.0 Å². The van der Waals surface area contributed by atoms with Gasteiger partial charge in [0.15, 0.2) is 0 Å². The van der Waals surface area contributed by atoms with Gasteiger partial charge >= 0.3 is 0 Å². The first kappa shape index (κ1) is 11.8. The van der Waals surface area contributed by atoms with E-state index in [-0.39, 0.29) is 6.54 Å². The maximum Gasteiger partial charge on any atom is 0.245 e. The number of nitrogens with one attached hydrogen (secondary N) is 1. The van der Waals surface area contributed by atoms with Crippen molar-refractivity contribution in [3.05, 3.63) is 36.4 Å². The molecule has 0 unspecified atom stereocenters. The van der Waals surface area contributed by atoms with Gasteiger partial charge in [0, 0.05) is 12.7 Å². The zero-order valence-corrected chi connectivity index (χ0v) is 9.01. The van der Waals surface area contributed by atoms with Crippen molar-refractivity contribution in [1.29, 1.82) is 0 Å². The van der Waals surface area contributed by atoms with Gasteiger partial charge < -0.3 is 0 Å². The largest absolute Gasteiger partial charge is 0.245 e. The van der Waals surface area contributed by atoms with Gasteiger partial charge in [0.2, 0.25) is 16.0 Å². The molecule has 0 saturated heterocycles. The summed E-state index contributed by atoms with van der Waals surface area (Å²) in [5.74, 6) is -1.01. The molecular formula is C9H11FN2O2S. The van der Waals surface area contributed by atoms with Gasteiger partial charge in [-0.25, -0.2) is 18.1 Å². The summed E-state index contributed by atoms with van der Waals surface area (Å²) >= 11 is 0. The molecule has 1 heterocycles. The zero-order valence-electron chi connectivity index (χ0n) is 8.20. The Morgan fingerprint density at radius 2 is 2.33 bits per heavy atom. The smallest absolute Gasteiger partial charge is 0.227 e. The Kier molecular flexibility index (Phi) is 3.54. The first-order valence-electron chi connectivity index (χ1n) is 4.18. The molecule has 0 fully saturated rings. The van der Waals surface area contributed by atoms with Crippen LogP contribution in [0.15, 0.2) is 35.4 Å². The van der Waals surface area contributed by atoms with Gasteiger partial charge in [0.25, 0.3) is 0 Å². The third kappa shape index (κ3) is 3.10. The minimum absolute atomic E-state index is 0.0800. The molecule has 0 radical (unpaired) electrons. The molecule has 0 aliphatic heterocycles. The normalized spacial score (nSPS) is 11.3. The predicted molar refractivity (Wildman–Crippen MR) is 54.2 cm³/mol. The highest BCUT2D eigenvalue weighted by atomic mass is 32.2. The third-order valence-electron chi connectivity index (χ3n) is 1.58. The Morgan fingerprint density at radius 1 is 1.67 bits per heavy atom. The molecule has 15 heavy (non-hydrogen) atoms. The highest BCUT2D eigenvalue weighted by molar-refractivity contribution is 7.89. The van der Waals surface area contributed by atoms with Gasteiger partial charge in [-0.1, -0.05) is 12.2 Å². The maximum absolute atomic E-state index is 13.1. The van der Waals surface area contributed by atoms with Crippen LogP contribution in [0.3, 0.4) is 0 Å². The van der Waals surface area contributed by atoms with Crippen molar-refractivity contribution in [2.75, 3.05) is 6.54 Å². The summed E-state index contributed by atoms with van der Waals surface area (Å²) < 4.78 is 38.3. The highest BCUT2D eigenvalue weighted by Gasteiger charge is 2.18. The van der Waals surface area contributed by atoms with Gasteiger partial charge in [-0.05, 0) is 19.1 Å². The molecule has 0 aliphatic carbocycles. The lowest BCUT2D eigenvalue weighted by molar-refractivity contribution is 0.534. The molecule has 1 aromatic heterocycles. The van der Waals surface area contributed by atoms with Crippen molar-refractivity contribution in [3.8, 4) is 0 Å². The number of hydrogen-bond acceptors (Lipinski definition) is 3. The number of pyridine rings is 1. The molecule has 0 saturated carbocycles. The standard InChI is InChI=1S/C9H11FN2O2S/c1-7(2)6-12-15(13,14)8-4-3-5-11-9(8)10/h3-5,12H,1,6H2,2H3. The first-order valence-corrected chi connectivity index (χ1v) is 5.66. The van der Waals surface area contributed by atoms with Crippen LogP contribution in [-0.4, -0.2) is 19.9 Å². The third-order valence-corrected chi connectivity index (χ3v) is 2.99. The maximum atomic E-state index is 13.1. The summed E-state index contributed by atoms with van der Waals surface area (Å²) in [5, 5.41) is 0. The molecule has 1 aromatic rings. The molecule has 0 aromatic carbocycles. The summed E-state index contributed by atoms with van der Waals surface area (Å²) in [6.07, 6.45) is 1.19. The Balaban J connectivity index is 2.97. The Morgan fingerprint density at radius 3 is 2.87 bits per heavy atom. The van der Waals surface area contributed by atoms with Crippen LogP contribution in [0.25, 0.3) is 0 Å². The van der Waals surface area contributed by atoms with Crippen LogP contribution in [0, 0.1) is 5.95 Å². The lowest BCUT2D eigenvalue weighted by Crippen LogP contribution is -2.26. The van der Waals surface area contributed by atoms with E-state index < -0.39 is 20.9 Å². The summed E-state index contributed by atoms with van der Waals surface area (Å²) in [6.45, 7) is 5.29. The summed E-state index contributed by atoms with van der Waals surface area (Å²) in [6, 6.07) is 2.52. The molecule has 1 rings (SSSR count). The average Bonchev–Trinajstić information content (AvgIpc) is 2.15. The molecule has 0 aliphatic rings. The van der Waals surface area contributed by atoms with E-state index >= 15 is 0 Å². The van der Waals surface area contributed by atoms with Crippen LogP contribution in [0.2, 0.25) is 0 Å². The molecule has 4 nitrogen and oxygen atoms in total. The number of halogens is 1. The van der Waals surface area contributed by atoms with Crippen LogP contribution in [0.4, 0.5) is 4.39 Å². The Labute approximate surface area is 87.9 Å². The molecular weight excluding hydrogens is 219 g/mol. The number of hydrogen-bond donors (Lipinski definition) is 1. The minimum atomic E-state index is -3.83. The van der Waals surface area contributed by atoms with Gasteiger partial charge in [0.1, 0.15) is 4.90 Å². The van der Waals surface area contributed by atoms with E-state index in [1.807, 2.05) is 0 Å². The molecule has 0 bridgehead atoms. The molecule has 1 N–H and O–H groups in total. The minimum Gasteiger partial charge on any atom is -0.227 e. The van der Waals surface area contributed by atoms with E-state index in [1.54, 1.807) is 6.92 Å². The summed E-state index contributed by atoms with van der Waals surface area (Å²) in [4.78, 5) is 2.81. The van der Waals surface area contributed by atoms with Crippen molar-refractivity contribution in [2.24, 2.45) is 0 Å². The molecule has 82 valence electrons. The predicted octanol–water partition coefficient (Wildman–Crippen LogP) is 1.08. The van der Waals surface area contributed by atoms with Gasteiger partial charge in [-0.2, -0.15) is 4.39 Å². The average molecular weight is 230 g/mol. The molecule has 6 heteroatoms. The SMILES string of the molecule is C=C(C)CNS(=O)(=O)c1cccnc1F. The van der Waals surface area contributed by atoms with Crippen LogP contribution < -0.4 is 4.72 Å². The molecule has 0 atom stereocenters. The fourth-order valence-electron chi connectivity index (χ4n) is 0.868. The lowest BCUT2D eigenvalue weighted by Gasteiger charge is -2.06. The van der Waals surface area contributed by atoms with Crippen molar-refractivity contribution in [3.63, 3.8) is 0 Å². The van der Waals surface area contributed by atoms with Gasteiger partial charge in [-0.15, -0.1) is 0 Å². The van der Waals surface area contributed by atoms with E-state index in [4.69, 9.17) is 0 Å². The Bertz CT molecular complexity index is 471. The van der Waals surface area contributed by atoms with E-state index in [9.17, 15) is 12.8 Å². The van der Waals surface area contributed by atoms with Crippen LogP contribution in [-0.2, 0) is 10.0 Å². The number of aromatic nitrogens is 1. The van der Waals surface area contributed by atoms with Crippen molar-refractivity contribution in [2.45, 2.75) is 11.8 Å². The fourth-order valence-corrected chi connectivity index (χ4v) is 1.99. The first-order chi connectivity index (χ1) is 6.93. The Hall–Kier alpha value is -1.27. The van der Waals surface area contributed by atoms with E-state index in [2.05, 4.69) is 16.3 Å². The quantitative estimate of drug-likeness (QED) is 0.622. The molecule has 0 spiro atoms. The zero-order chi connectivity index (χ0) is 11.5. The monoisotopic (exact) mass is 230 g/mol. The van der Waals surface area contributed by atoms with Crippen LogP contribution in [0.5, 0.6) is 0 Å². The van der Waals surface area contributed by atoms with Crippen molar-refractivity contribution in [1.82, 2.24) is 9.71 Å². The van der Waals surface area contributed by atoms with E-state index in [0.29, 0.717) is 5.57 Å². The highest BCUT2D eigenvalue weighted by Crippen LogP contribution is 2.10. The second-order valence-corrected chi connectivity index (χ2v) is 4.81. The lowest BCUT2D eigenvalue weighted by atomic mass is 10.4. The van der Waals surface area contributed by atoms with E-state index in [0.717, 1.165) is 6.07 Å². The topological polar surface area (TPSA) is 59.1 Å². The van der Waals surface area contributed by atoms with Crippen LogP contribution in [0.1, 0.15) is 6.92 Å². The van der Waals surface area contributed by atoms with Gasteiger partial charge in [0.05, 0.1) is 0 Å². The summed E-state index contributed by atoms with van der Waals surface area (Å²) in [5.41, 5.74) is 0.642. The second-order valence-electron chi connectivity index (χ2n) is 3.07. The van der Waals surface area contributed by atoms with Gasteiger partial charge in [-0.3, -0.25) is 0 Å². The second kappa shape index (κ2) is 4.50.